The van der Waals surface area contributed by atoms with E-state index in [1.165, 1.54) is 6.07 Å². The molecule has 4 N–H and O–H groups in total. The van der Waals surface area contributed by atoms with Crippen LogP contribution in [0, 0.1) is 0 Å². The number of nitrogen functional groups attached to an aromatic ring is 1. The maximum atomic E-state index is 11.8. The third-order valence-corrected chi connectivity index (χ3v) is 2.54. The number of hydrogen-bond acceptors (Lipinski definition) is 3. The Balaban J connectivity index is 2.80. The van der Waals surface area contributed by atoms with Crippen molar-refractivity contribution in [3.63, 3.8) is 0 Å². The lowest BCUT2D eigenvalue weighted by Crippen LogP contribution is -2.37. The maximum absolute atomic E-state index is 11.8. The Morgan fingerprint density at radius 3 is 2.81 bits per heavy atom. The summed E-state index contributed by atoms with van der Waals surface area (Å²) in [5.41, 5.74) is 6.38. The predicted molar refractivity (Wildman–Crippen MR) is 64.5 cm³/mol. The van der Waals surface area contributed by atoms with Crippen molar-refractivity contribution in [2.75, 3.05) is 12.3 Å². The number of nitrogens with one attached hydrogen (secondary N) is 1. The van der Waals surface area contributed by atoms with Gasteiger partial charge in [-0.3, -0.25) is 4.79 Å². The third kappa shape index (κ3) is 3.12. The summed E-state index contributed by atoms with van der Waals surface area (Å²) in [6, 6.07) is 4.45. The first kappa shape index (κ1) is 12.8. The summed E-state index contributed by atoms with van der Waals surface area (Å²) in [5.74, 6) is -0.296. The molecule has 5 heteroatoms. The summed E-state index contributed by atoms with van der Waals surface area (Å²) in [7, 11) is 0. The minimum atomic E-state index is -0.296. The van der Waals surface area contributed by atoms with Crippen LogP contribution in [0.2, 0.25) is 5.02 Å². The van der Waals surface area contributed by atoms with E-state index in [4.69, 9.17) is 22.4 Å². The molecule has 0 aliphatic heterocycles. The molecule has 1 aromatic carbocycles. The lowest BCUT2D eigenvalue weighted by molar-refractivity contribution is 0.0916. The van der Waals surface area contributed by atoms with E-state index < -0.39 is 0 Å². The van der Waals surface area contributed by atoms with Crippen LogP contribution < -0.4 is 11.1 Å². The van der Waals surface area contributed by atoms with Crippen LogP contribution in [0.4, 0.5) is 5.69 Å². The van der Waals surface area contributed by atoms with Crippen LogP contribution >= 0.6 is 11.6 Å². The maximum Gasteiger partial charge on any atom is 0.253 e. The van der Waals surface area contributed by atoms with Gasteiger partial charge in [0.15, 0.2) is 0 Å². The SMILES string of the molecule is CC[C@@H](CO)NC(=O)c1ccc(Cl)cc1N. The number of aliphatic hydroxyl groups excluding tert-OH is 1. The molecule has 1 atom stereocenters. The van der Waals surface area contributed by atoms with Crippen molar-refractivity contribution in [3.05, 3.63) is 28.8 Å². The number of carbonyl (C=O) groups is 1. The second kappa shape index (κ2) is 5.72. The monoisotopic (exact) mass is 242 g/mol. The molecular formula is C11H15ClN2O2. The Labute approximate surface area is 99.4 Å². The number of aliphatic hydroxyl groups is 1. The van der Waals surface area contributed by atoms with Gasteiger partial charge in [0.1, 0.15) is 0 Å². The Bertz CT molecular complexity index is 378. The highest BCUT2D eigenvalue weighted by molar-refractivity contribution is 6.31. The van der Waals surface area contributed by atoms with E-state index >= 15 is 0 Å². The van der Waals surface area contributed by atoms with Crippen molar-refractivity contribution in [2.24, 2.45) is 0 Å². The van der Waals surface area contributed by atoms with Gasteiger partial charge in [0.2, 0.25) is 0 Å². The third-order valence-electron chi connectivity index (χ3n) is 2.31. The Morgan fingerprint density at radius 1 is 1.62 bits per heavy atom. The standard InChI is InChI=1S/C11H15ClN2O2/c1-2-8(6-15)14-11(16)9-4-3-7(12)5-10(9)13/h3-5,8,15H,2,6,13H2,1H3,(H,14,16)/t8-/m0/s1. The van der Waals surface area contributed by atoms with Gasteiger partial charge >= 0.3 is 0 Å². The van der Waals surface area contributed by atoms with Gasteiger partial charge in [0, 0.05) is 10.7 Å². The molecule has 0 unspecified atom stereocenters. The minimum absolute atomic E-state index is 0.0876. The van der Waals surface area contributed by atoms with E-state index in [1.807, 2.05) is 6.92 Å². The summed E-state index contributed by atoms with van der Waals surface area (Å²) < 4.78 is 0. The van der Waals surface area contributed by atoms with Crippen molar-refractivity contribution in [3.8, 4) is 0 Å². The van der Waals surface area contributed by atoms with Crippen molar-refractivity contribution >= 4 is 23.2 Å². The van der Waals surface area contributed by atoms with Crippen molar-refractivity contribution in [2.45, 2.75) is 19.4 Å². The molecule has 0 heterocycles. The molecule has 16 heavy (non-hydrogen) atoms. The van der Waals surface area contributed by atoms with Gasteiger partial charge in [0.25, 0.3) is 5.91 Å². The fourth-order valence-electron chi connectivity index (χ4n) is 1.28. The largest absolute Gasteiger partial charge is 0.398 e. The number of nitrogens with two attached hydrogens (primary N) is 1. The van der Waals surface area contributed by atoms with Crippen LogP contribution in [0.25, 0.3) is 0 Å². The zero-order chi connectivity index (χ0) is 12.1. The molecule has 4 nitrogen and oxygen atoms in total. The van der Waals surface area contributed by atoms with Gasteiger partial charge in [0.05, 0.1) is 18.2 Å². The zero-order valence-corrected chi connectivity index (χ0v) is 9.79. The smallest absolute Gasteiger partial charge is 0.253 e. The van der Waals surface area contributed by atoms with Gasteiger partial charge in [-0.15, -0.1) is 0 Å². The van der Waals surface area contributed by atoms with Crippen molar-refractivity contribution in [1.82, 2.24) is 5.32 Å². The molecule has 0 aliphatic carbocycles. The summed E-state index contributed by atoms with van der Waals surface area (Å²) >= 11 is 5.73. The number of anilines is 1. The van der Waals surface area contributed by atoms with E-state index in [1.54, 1.807) is 12.1 Å². The molecule has 0 saturated heterocycles. The molecule has 1 rings (SSSR count). The summed E-state index contributed by atoms with van der Waals surface area (Å²) in [4.78, 5) is 11.8. The van der Waals surface area contributed by atoms with Gasteiger partial charge < -0.3 is 16.2 Å². The summed E-state index contributed by atoms with van der Waals surface area (Å²) in [6.07, 6.45) is 0.662. The molecule has 1 aromatic rings. The zero-order valence-electron chi connectivity index (χ0n) is 9.03. The Kier molecular flexibility index (Phi) is 4.58. The van der Waals surface area contributed by atoms with Gasteiger partial charge in [-0.25, -0.2) is 0 Å². The first-order valence-corrected chi connectivity index (χ1v) is 5.43. The highest BCUT2D eigenvalue weighted by Crippen LogP contribution is 2.17. The first-order chi connectivity index (χ1) is 7.58. The molecule has 88 valence electrons. The minimum Gasteiger partial charge on any atom is -0.398 e. The summed E-state index contributed by atoms with van der Waals surface area (Å²) in [5, 5.41) is 12.1. The number of amides is 1. The van der Waals surface area contributed by atoms with Crippen LogP contribution in [0.3, 0.4) is 0 Å². The van der Waals surface area contributed by atoms with Crippen molar-refractivity contribution in [1.29, 1.82) is 0 Å². The topological polar surface area (TPSA) is 75.3 Å². The molecule has 0 radical (unpaired) electrons. The highest BCUT2D eigenvalue weighted by atomic mass is 35.5. The van der Waals surface area contributed by atoms with E-state index in [0.29, 0.717) is 22.7 Å². The molecule has 0 bridgehead atoms. The average Bonchev–Trinajstić information content (AvgIpc) is 2.25. The fraction of sp³-hybridized carbons (Fsp3) is 0.364. The number of hydrogen-bond donors (Lipinski definition) is 3. The second-order valence-electron chi connectivity index (χ2n) is 3.49. The van der Waals surface area contributed by atoms with Crippen molar-refractivity contribution < 1.29 is 9.90 Å². The molecule has 0 aromatic heterocycles. The molecule has 0 fully saturated rings. The normalized spacial score (nSPS) is 12.2. The first-order valence-electron chi connectivity index (χ1n) is 5.05. The Hall–Kier alpha value is -1.26. The second-order valence-corrected chi connectivity index (χ2v) is 3.93. The lowest BCUT2D eigenvalue weighted by atomic mass is 10.1. The molecule has 0 saturated carbocycles. The van der Waals surface area contributed by atoms with E-state index in [2.05, 4.69) is 5.32 Å². The van der Waals surface area contributed by atoms with E-state index in [0.717, 1.165) is 0 Å². The van der Waals surface area contributed by atoms with Gasteiger partial charge in [-0.05, 0) is 24.6 Å². The van der Waals surface area contributed by atoms with E-state index in [9.17, 15) is 4.79 Å². The van der Waals surface area contributed by atoms with Crippen LogP contribution in [0.15, 0.2) is 18.2 Å². The lowest BCUT2D eigenvalue weighted by Gasteiger charge is -2.14. The highest BCUT2D eigenvalue weighted by Gasteiger charge is 2.13. The average molecular weight is 243 g/mol. The number of halogens is 1. The number of benzene rings is 1. The molecule has 0 spiro atoms. The van der Waals surface area contributed by atoms with E-state index in [-0.39, 0.29) is 18.6 Å². The van der Waals surface area contributed by atoms with Crippen LogP contribution in [0.5, 0.6) is 0 Å². The number of rotatable bonds is 4. The quantitative estimate of drug-likeness (QED) is 0.699. The number of carbonyl (C=O) groups excluding carboxylic acids is 1. The molecule has 0 aliphatic rings. The van der Waals surface area contributed by atoms with Crippen LogP contribution in [-0.2, 0) is 0 Å². The van der Waals surface area contributed by atoms with Gasteiger partial charge in [-0.2, -0.15) is 0 Å². The molecular weight excluding hydrogens is 228 g/mol. The Morgan fingerprint density at radius 2 is 2.31 bits per heavy atom. The van der Waals surface area contributed by atoms with Crippen LogP contribution in [0.1, 0.15) is 23.7 Å². The predicted octanol–water partition coefficient (Wildman–Crippen LogP) is 1.42. The fourth-order valence-corrected chi connectivity index (χ4v) is 1.46. The molecule has 1 amide bonds. The van der Waals surface area contributed by atoms with Gasteiger partial charge in [-0.1, -0.05) is 18.5 Å². The summed E-state index contributed by atoms with van der Waals surface area (Å²) in [6.45, 7) is 1.79. The van der Waals surface area contributed by atoms with Crippen LogP contribution in [-0.4, -0.2) is 23.7 Å².